The van der Waals surface area contributed by atoms with Crippen molar-refractivity contribution in [1.82, 2.24) is 4.98 Å². The maximum Gasteiger partial charge on any atom is 0.263 e. The number of carbonyl (C=O) groups excluding carboxylic acids is 2. The monoisotopic (exact) mass is 234 g/mol. The van der Waals surface area contributed by atoms with Crippen LogP contribution in [0.2, 0.25) is 0 Å². The van der Waals surface area contributed by atoms with Crippen LogP contribution in [-0.4, -0.2) is 16.8 Å². The minimum Gasteiger partial charge on any atom is -0.269 e. The van der Waals surface area contributed by atoms with E-state index in [2.05, 4.69) is 4.98 Å². The first-order valence-electron chi connectivity index (χ1n) is 5.19. The zero-order valence-electron chi connectivity index (χ0n) is 8.77. The highest BCUT2D eigenvalue weighted by atomic mass is 32.1. The van der Waals surface area contributed by atoms with E-state index in [0.29, 0.717) is 16.6 Å². The molecule has 0 atom stereocenters. The van der Waals surface area contributed by atoms with Gasteiger partial charge in [0.15, 0.2) is 5.13 Å². The Labute approximate surface area is 96.6 Å². The van der Waals surface area contributed by atoms with Gasteiger partial charge in [-0.2, -0.15) is 0 Å². The van der Waals surface area contributed by atoms with Crippen molar-refractivity contribution in [2.24, 2.45) is 0 Å². The lowest BCUT2D eigenvalue weighted by molar-refractivity contribution is -0.120. The molecule has 1 aliphatic heterocycles. The summed E-state index contributed by atoms with van der Waals surface area (Å²) in [6.45, 7) is 1.65. The normalized spacial score (nSPS) is 20.6. The van der Waals surface area contributed by atoms with E-state index in [1.807, 2.05) is 5.38 Å². The van der Waals surface area contributed by atoms with Crippen molar-refractivity contribution in [2.45, 2.75) is 25.7 Å². The number of hydrogen-bond acceptors (Lipinski definition) is 4. The topological polar surface area (TPSA) is 50.3 Å². The van der Waals surface area contributed by atoms with Gasteiger partial charge in [0, 0.05) is 22.9 Å². The SMILES string of the molecule is CC1=CC(=O)N(c2nc(C3CC3)cs2)C1=O. The van der Waals surface area contributed by atoms with Crippen molar-refractivity contribution in [1.29, 1.82) is 0 Å². The summed E-state index contributed by atoms with van der Waals surface area (Å²) in [5.41, 5.74) is 1.50. The van der Waals surface area contributed by atoms with Gasteiger partial charge in [0.1, 0.15) is 0 Å². The number of amides is 2. The molecule has 1 aromatic rings. The smallest absolute Gasteiger partial charge is 0.263 e. The molecule has 0 saturated heterocycles. The summed E-state index contributed by atoms with van der Waals surface area (Å²) in [5.74, 6) is 0.0211. The fourth-order valence-corrected chi connectivity index (χ4v) is 2.62. The molecule has 4 nitrogen and oxygen atoms in total. The average Bonchev–Trinajstić information content (AvgIpc) is 2.93. The van der Waals surface area contributed by atoms with Crippen molar-refractivity contribution >= 4 is 28.3 Å². The molecular weight excluding hydrogens is 224 g/mol. The summed E-state index contributed by atoms with van der Waals surface area (Å²) in [4.78, 5) is 28.8. The van der Waals surface area contributed by atoms with E-state index < -0.39 is 0 Å². The Kier molecular flexibility index (Phi) is 1.97. The van der Waals surface area contributed by atoms with Crippen LogP contribution in [0.25, 0.3) is 0 Å². The van der Waals surface area contributed by atoms with E-state index in [-0.39, 0.29) is 11.8 Å². The first-order chi connectivity index (χ1) is 7.66. The van der Waals surface area contributed by atoms with Gasteiger partial charge >= 0.3 is 0 Å². The second kappa shape index (κ2) is 3.25. The fraction of sp³-hybridized carbons (Fsp3) is 0.364. The molecule has 1 fully saturated rings. The second-order valence-corrected chi connectivity index (χ2v) is 4.97. The first kappa shape index (κ1) is 9.72. The van der Waals surface area contributed by atoms with Crippen LogP contribution in [0.15, 0.2) is 17.0 Å². The molecule has 2 amide bonds. The molecule has 3 rings (SSSR count). The maximum absolute atomic E-state index is 11.7. The van der Waals surface area contributed by atoms with Crippen LogP contribution < -0.4 is 4.90 Å². The van der Waals surface area contributed by atoms with Gasteiger partial charge < -0.3 is 0 Å². The molecule has 1 saturated carbocycles. The van der Waals surface area contributed by atoms with Crippen LogP contribution in [0.3, 0.4) is 0 Å². The quantitative estimate of drug-likeness (QED) is 0.734. The van der Waals surface area contributed by atoms with Crippen molar-refractivity contribution in [3.63, 3.8) is 0 Å². The maximum atomic E-state index is 11.7. The van der Waals surface area contributed by atoms with Crippen LogP contribution in [-0.2, 0) is 9.59 Å². The molecule has 16 heavy (non-hydrogen) atoms. The predicted octanol–water partition coefficient (Wildman–Crippen LogP) is 1.84. The number of aromatic nitrogens is 1. The third-order valence-corrected chi connectivity index (χ3v) is 3.64. The van der Waals surface area contributed by atoms with Gasteiger partial charge in [-0.15, -0.1) is 11.3 Å². The molecule has 2 heterocycles. The summed E-state index contributed by atoms with van der Waals surface area (Å²) in [7, 11) is 0. The van der Waals surface area contributed by atoms with Crippen molar-refractivity contribution in [3.05, 3.63) is 22.7 Å². The highest BCUT2D eigenvalue weighted by Gasteiger charge is 2.33. The lowest BCUT2D eigenvalue weighted by Crippen LogP contribution is -2.30. The second-order valence-electron chi connectivity index (χ2n) is 4.14. The summed E-state index contributed by atoms with van der Waals surface area (Å²) in [6, 6.07) is 0. The Morgan fingerprint density at radius 1 is 1.44 bits per heavy atom. The average molecular weight is 234 g/mol. The molecule has 0 spiro atoms. The number of nitrogens with zero attached hydrogens (tertiary/aromatic N) is 2. The lowest BCUT2D eigenvalue weighted by atomic mass is 10.3. The Morgan fingerprint density at radius 3 is 2.75 bits per heavy atom. The molecule has 0 N–H and O–H groups in total. The van der Waals surface area contributed by atoms with Gasteiger partial charge in [0.05, 0.1) is 5.69 Å². The predicted molar refractivity (Wildman–Crippen MR) is 60.3 cm³/mol. The third kappa shape index (κ3) is 1.39. The zero-order chi connectivity index (χ0) is 11.3. The van der Waals surface area contributed by atoms with Gasteiger partial charge in [0.2, 0.25) is 0 Å². The summed E-state index contributed by atoms with van der Waals surface area (Å²) in [6.07, 6.45) is 3.70. The Balaban J connectivity index is 1.92. The molecule has 2 aliphatic rings. The third-order valence-electron chi connectivity index (χ3n) is 2.80. The van der Waals surface area contributed by atoms with Crippen LogP contribution in [0.4, 0.5) is 5.13 Å². The van der Waals surface area contributed by atoms with E-state index in [1.54, 1.807) is 6.92 Å². The molecule has 0 aromatic carbocycles. The number of carbonyl (C=O) groups is 2. The number of imide groups is 1. The van der Waals surface area contributed by atoms with E-state index in [4.69, 9.17) is 0 Å². The highest BCUT2D eigenvalue weighted by Crippen LogP contribution is 2.41. The Morgan fingerprint density at radius 2 is 2.19 bits per heavy atom. The fourth-order valence-electron chi connectivity index (χ4n) is 1.71. The first-order valence-corrected chi connectivity index (χ1v) is 6.07. The molecule has 0 radical (unpaired) electrons. The number of hydrogen-bond donors (Lipinski definition) is 0. The van der Waals surface area contributed by atoms with Crippen LogP contribution >= 0.6 is 11.3 Å². The molecule has 1 aliphatic carbocycles. The van der Waals surface area contributed by atoms with Crippen molar-refractivity contribution in [3.8, 4) is 0 Å². The standard InChI is InChI=1S/C11H10N2O2S/c1-6-4-9(14)13(10(6)15)11-12-8(5-16-11)7-2-3-7/h4-5,7H,2-3H2,1H3. The summed E-state index contributed by atoms with van der Waals surface area (Å²) in [5, 5.41) is 2.45. The Hall–Kier alpha value is -1.49. The van der Waals surface area contributed by atoms with Gasteiger partial charge in [-0.25, -0.2) is 9.88 Å². The molecule has 82 valence electrons. The number of rotatable bonds is 2. The van der Waals surface area contributed by atoms with Crippen LogP contribution in [0, 0.1) is 0 Å². The molecular formula is C11H10N2O2S. The summed E-state index contributed by atoms with van der Waals surface area (Å²) < 4.78 is 0. The van der Waals surface area contributed by atoms with Gasteiger partial charge in [-0.1, -0.05) is 0 Å². The zero-order valence-corrected chi connectivity index (χ0v) is 9.58. The van der Waals surface area contributed by atoms with Gasteiger partial charge in [0.25, 0.3) is 11.8 Å². The van der Waals surface area contributed by atoms with E-state index in [9.17, 15) is 9.59 Å². The molecule has 0 unspecified atom stereocenters. The minimum atomic E-state index is -0.279. The number of anilines is 1. The van der Waals surface area contributed by atoms with E-state index in [0.717, 1.165) is 10.6 Å². The van der Waals surface area contributed by atoms with Crippen LogP contribution in [0.1, 0.15) is 31.4 Å². The largest absolute Gasteiger partial charge is 0.269 e. The number of thiazole rings is 1. The van der Waals surface area contributed by atoms with Crippen molar-refractivity contribution in [2.75, 3.05) is 4.90 Å². The van der Waals surface area contributed by atoms with Gasteiger partial charge in [-0.3, -0.25) is 9.59 Å². The highest BCUT2D eigenvalue weighted by molar-refractivity contribution is 7.14. The summed E-state index contributed by atoms with van der Waals surface area (Å²) >= 11 is 1.36. The van der Waals surface area contributed by atoms with Gasteiger partial charge in [-0.05, 0) is 19.8 Å². The lowest BCUT2D eigenvalue weighted by Gasteiger charge is -2.09. The van der Waals surface area contributed by atoms with Crippen molar-refractivity contribution < 1.29 is 9.59 Å². The molecule has 0 bridgehead atoms. The Bertz CT molecular complexity index is 514. The van der Waals surface area contributed by atoms with Crippen LogP contribution in [0.5, 0.6) is 0 Å². The van der Waals surface area contributed by atoms with E-state index >= 15 is 0 Å². The minimum absolute atomic E-state index is 0.248. The molecule has 1 aromatic heterocycles. The molecule has 5 heteroatoms. The van der Waals surface area contributed by atoms with E-state index in [1.165, 1.54) is 30.3 Å².